The van der Waals surface area contributed by atoms with E-state index in [4.69, 9.17) is 0 Å². The van der Waals surface area contributed by atoms with Gasteiger partial charge < -0.3 is 0 Å². The molecule has 0 unspecified atom stereocenters. The van der Waals surface area contributed by atoms with Crippen LogP contribution in [0.2, 0.25) is 0 Å². The molecular weight excluding hydrogens is 234 g/mol. The fraction of sp³-hybridized carbons (Fsp3) is 0. The minimum absolute atomic E-state index is 0.953. The van der Waals surface area contributed by atoms with Crippen LogP contribution in [0.25, 0.3) is 10.8 Å². The molecular formula is C9H6BrNS. The molecule has 1 heterocycles. The van der Waals surface area contributed by atoms with Gasteiger partial charge in [0, 0.05) is 27.1 Å². The fourth-order valence-corrected chi connectivity index (χ4v) is 1.66. The molecule has 0 aliphatic carbocycles. The molecule has 1 aromatic carbocycles. The zero-order chi connectivity index (χ0) is 8.55. The van der Waals surface area contributed by atoms with Gasteiger partial charge >= 0.3 is 0 Å². The highest BCUT2D eigenvalue weighted by Crippen LogP contribution is 2.25. The van der Waals surface area contributed by atoms with Crippen LogP contribution in [0.4, 0.5) is 0 Å². The molecule has 2 aromatic rings. The summed E-state index contributed by atoms with van der Waals surface area (Å²) in [5, 5.41) is 2.29. The Morgan fingerprint density at radius 1 is 1.25 bits per heavy atom. The predicted molar refractivity (Wildman–Crippen MR) is 56.7 cm³/mol. The van der Waals surface area contributed by atoms with Gasteiger partial charge in [0.25, 0.3) is 0 Å². The van der Waals surface area contributed by atoms with Crippen molar-refractivity contribution in [2.75, 3.05) is 0 Å². The molecule has 0 aliphatic rings. The van der Waals surface area contributed by atoms with Crippen molar-refractivity contribution >= 4 is 39.3 Å². The molecule has 0 radical (unpaired) electrons. The highest BCUT2D eigenvalue weighted by Gasteiger charge is 1.97. The minimum atomic E-state index is 0.953. The summed E-state index contributed by atoms with van der Waals surface area (Å²) in [5.41, 5.74) is 0. The molecule has 60 valence electrons. The lowest BCUT2D eigenvalue weighted by atomic mass is 10.2. The van der Waals surface area contributed by atoms with Gasteiger partial charge in [0.2, 0.25) is 0 Å². The molecule has 0 atom stereocenters. The van der Waals surface area contributed by atoms with E-state index in [1.807, 2.05) is 24.4 Å². The number of thiol groups is 1. The summed E-state index contributed by atoms with van der Waals surface area (Å²) in [4.78, 5) is 4.99. The largest absolute Gasteiger partial charge is 0.264 e. The van der Waals surface area contributed by atoms with E-state index in [0.29, 0.717) is 0 Å². The Bertz CT molecular complexity index is 387. The lowest BCUT2D eigenvalue weighted by Gasteiger charge is -1.99. The third kappa shape index (κ3) is 1.34. The predicted octanol–water partition coefficient (Wildman–Crippen LogP) is 3.29. The standard InChI is InChI=1S/C9H6BrNS/c10-8-3-7-5-11-2-1-6(7)4-9(8)12/h1-5,12H. The van der Waals surface area contributed by atoms with E-state index < -0.39 is 0 Å². The van der Waals surface area contributed by atoms with Gasteiger partial charge in [-0.2, -0.15) is 0 Å². The molecule has 0 aliphatic heterocycles. The first-order valence-electron chi connectivity index (χ1n) is 3.49. The smallest absolute Gasteiger partial charge is 0.0346 e. The van der Waals surface area contributed by atoms with Gasteiger partial charge in [0.15, 0.2) is 0 Å². The Morgan fingerprint density at radius 3 is 2.92 bits per heavy atom. The summed E-state index contributed by atoms with van der Waals surface area (Å²) in [7, 11) is 0. The molecule has 0 spiro atoms. The number of nitrogens with zero attached hydrogens (tertiary/aromatic N) is 1. The maximum Gasteiger partial charge on any atom is 0.0346 e. The van der Waals surface area contributed by atoms with Crippen LogP contribution in [0.1, 0.15) is 0 Å². The van der Waals surface area contributed by atoms with Crippen LogP contribution < -0.4 is 0 Å². The lowest BCUT2D eigenvalue weighted by molar-refractivity contribution is 1.35. The van der Waals surface area contributed by atoms with E-state index in [1.54, 1.807) is 6.20 Å². The molecule has 0 saturated carbocycles. The van der Waals surface area contributed by atoms with E-state index in [1.165, 1.54) is 5.39 Å². The van der Waals surface area contributed by atoms with Crippen LogP contribution in [0.3, 0.4) is 0 Å². The van der Waals surface area contributed by atoms with Crippen LogP contribution in [0, 0.1) is 0 Å². The van der Waals surface area contributed by atoms with E-state index in [-0.39, 0.29) is 0 Å². The average molecular weight is 240 g/mol. The summed E-state index contributed by atoms with van der Waals surface area (Å²) in [6, 6.07) is 6.01. The van der Waals surface area contributed by atoms with E-state index in [2.05, 4.69) is 33.5 Å². The van der Waals surface area contributed by atoms with Crippen molar-refractivity contribution in [3.05, 3.63) is 35.1 Å². The Kier molecular flexibility index (Phi) is 2.07. The van der Waals surface area contributed by atoms with Gasteiger partial charge in [0.1, 0.15) is 0 Å². The van der Waals surface area contributed by atoms with Crippen LogP contribution in [-0.4, -0.2) is 4.98 Å². The number of fused-ring (bicyclic) bond motifs is 1. The van der Waals surface area contributed by atoms with E-state index in [9.17, 15) is 0 Å². The summed E-state index contributed by atoms with van der Waals surface area (Å²) in [5.74, 6) is 0. The van der Waals surface area contributed by atoms with Gasteiger partial charge in [-0.25, -0.2) is 0 Å². The second-order valence-corrected chi connectivity index (χ2v) is 3.86. The summed E-state index contributed by atoms with van der Waals surface area (Å²) >= 11 is 7.72. The molecule has 0 saturated heterocycles. The Hall–Kier alpha value is -0.540. The van der Waals surface area contributed by atoms with Crippen molar-refractivity contribution < 1.29 is 0 Å². The number of benzene rings is 1. The molecule has 3 heteroatoms. The van der Waals surface area contributed by atoms with Crippen LogP contribution >= 0.6 is 28.6 Å². The Labute approximate surface area is 84.4 Å². The maximum absolute atomic E-state index is 4.31. The lowest BCUT2D eigenvalue weighted by Crippen LogP contribution is -1.76. The van der Waals surface area contributed by atoms with E-state index >= 15 is 0 Å². The highest BCUT2D eigenvalue weighted by molar-refractivity contribution is 9.10. The zero-order valence-electron chi connectivity index (χ0n) is 6.16. The molecule has 0 amide bonds. The molecule has 2 rings (SSSR count). The summed E-state index contributed by atoms with van der Waals surface area (Å²) in [6.45, 7) is 0. The third-order valence-corrected chi connectivity index (χ3v) is 3.04. The zero-order valence-corrected chi connectivity index (χ0v) is 8.64. The first-order valence-corrected chi connectivity index (χ1v) is 4.73. The molecule has 12 heavy (non-hydrogen) atoms. The van der Waals surface area contributed by atoms with Crippen LogP contribution in [0.5, 0.6) is 0 Å². The Balaban J connectivity index is 2.84. The average Bonchev–Trinajstić information content (AvgIpc) is 2.07. The SMILES string of the molecule is Sc1cc2ccncc2cc1Br. The van der Waals surface area contributed by atoms with Crippen molar-refractivity contribution in [1.29, 1.82) is 0 Å². The monoisotopic (exact) mass is 239 g/mol. The minimum Gasteiger partial charge on any atom is -0.264 e. The number of hydrogen-bond acceptors (Lipinski definition) is 2. The molecule has 0 bridgehead atoms. The number of hydrogen-bond donors (Lipinski definition) is 1. The Morgan fingerprint density at radius 2 is 2.08 bits per heavy atom. The van der Waals surface area contributed by atoms with Gasteiger partial charge in [-0.15, -0.1) is 12.6 Å². The molecule has 0 N–H and O–H groups in total. The van der Waals surface area contributed by atoms with Crippen LogP contribution in [-0.2, 0) is 0 Å². The summed E-state index contributed by atoms with van der Waals surface area (Å²) in [6.07, 6.45) is 3.62. The normalized spacial score (nSPS) is 10.5. The first kappa shape index (κ1) is 8.08. The molecule has 0 fully saturated rings. The number of halogens is 1. The van der Waals surface area contributed by atoms with Crippen LogP contribution in [0.15, 0.2) is 40.0 Å². The first-order chi connectivity index (χ1) is 5.77. The second-order valence-electron chi connectivity index (χ2n) is 2.53. The third-order valence-electron chi connectivity index (χ3n) is 1.71. The number of rotatable bonds is 0. The van der Waals surface area contributed by atoms with E-state index in [0.717, 1.165) is 14.8 Å². The van der Waals surface area contributed by atoms with Gasteiger partial charge in [-0.05, 0) is 39.5 Å². The topological polar surface area (TPSA) is 12.9 Å². The van der Waals surface area contributed by atoms with Gasteiger partial charge in [-0.3, -0.25) is 4.98 Å². The van der Waals surface area contributed by atoms with Crippen molar-refractivity contribution in [2.45, 2.75) is 4.90 Å². The van der Waals surface area contributed by atoms with Crippen molar-refractivity contribution in [3.8, 4) is 0 Å². The van der Waals surface area contributed by atoms with Crippen molar-refractivity contribution in [3.63, 3.8) is 0 Å². The summed E-state index contributed by atoms with van der Waals surface area (Å²) < 4.78 is 1.01. The van der Waals surface area contributed by atoms with Crippen molar-refractivity contribution in [1.82, 2.24) is 4.98 Å². The van der Waals surface area contributed by atoms with Gasteiger partial charge in [-0.1, -0.05) is 0 Å². The maximum atomic E-state index is 4.31. The highest BCUT2D eigenvalue weighted by atomic mass is 79.9. The molecule has 1 nitrogen and oxygen atoms in total. The number of aromatic nitrogens is 1. The second kappa shape index (κ2) is 3.07. The number of pyridine rings is 1. The van der Waals surface area contributed by atoms with Crippen molar-refractivity contribution in [2.24, 2.45) is 0 Å². The fourth-order valence-electron chi connectivity index (χ4n) is 1.10. The molecule has 1 aromatic heterocycles. The van der Waals surface area contributed by atoms with Gasteiger partial charge in [0.05, 0.1) is 0 Å². The quantitative estimate of drug-likeness (QED) is 0.697.